The summed E-state index contributed by atoms with van der Waals surface area (Å²) in [4.78, 5) is 17.2. The summed E-state index contributed by atoms with van der Waals surface area (Å²) >= 11 is 6.24. The van der Waals surface area contributed by atoms with Gasteiger partial charge in [-0.25, -0.2) is 15.0 Å². The molecule has 0 aromatic carbocycles. The zero-order valence-electron chi connectivity index (χ0n) is 14.5. The van der Waals surface area contributed by atoms with Crippen LogP contribution in [-0.2, 0) is 0 Å². The lowest BCUT2D eigenvalue weighted by Crippen LogP contribution is -2.47. The molecule has 0 radical (unpaired) electrons. The van der Waals surface area contributed by atoms with E-state index in [-0.39, 0.29) is 0 Å². The summed E-state index contributed by atoms with van der Waals surface area (Å²) < 4.78 is 5.16. The third-order valence-corrected chi connectivity index (χ3v) is 4.93. The highest BCUT2D eigenvalue weighted by atomic mass is 35.5. The first-order valence-corrected chi connectivity index (χ1v) is 8.35. The summed E-state index contributed by atoms with van der Waals surface area (Å²) in [5.41, 5.74) is 2.08. The van der Waals surface area contributed by atoms with E-state index in [1.807, 2.05) is 19.9 Å². The molecule has 0 spiro atoms. The molecule has 0 saturated carbocycles. The fraction of sp³-hybridized carbons (Fsp3) is 0.412. The van der Waals surface area contributed by atoms with Gasteiger partial charge in [-0.1, -0.05) is 11.6 Å². The second kappa shape index (κ2) is 7.11. The second-order valence-electron chi connectivity index (χ2n) is 5.84. The Hall–Kier alpha value is -2.59. The third kappa shape index (κ3) is 3.30. The van der Waals surface area contributed by atoms with E-state index >= 15 is 0 Å². The number of nitriles is 1. The van der Waals surface area contributed by atoms with Gasteiger partial charge in [-0.15, -0.1) is 0 Å². The molecule has 1 saturated heterocycles. The van der Waals surface area contributed by atoms with E-state index in [4.69, 9.17) is 16.3 Å². The average Bonchev–Trinajstić information content (AvgIpc) is 2.66. The fourth-order valence-electron chi connectivity index (χ4n) is 2.94. The number of hydrogen-bond donors (Lipinski definition) is 0. The van der Waals surface area contributed by atoms with E-state index in [9.17, 15) is 5.26 Å². The van der Waals surface area contributed by atoms with Crippen molar-refractivity contribution in [1.29, 1.82) is 5.26 Å². The maximum Gasteiger partial charge on any atom is 0.218 e. The van der Waals surface area contributed by atoms with Crippen molar-refractivity contribution in [2.45, 2.75) is 13.8 Å². The number of methoxy groups -OCH3 is 1. The fourth-order valence-corrected chi connectivity index (χ4v) is 3.07. The lowest BCUT2D eigenvalue weighted by atomic mass is 10.1. The smallest absolute Gasteiger partial charge is 0.218 e. The van der Waals surface area contributed by atoms with Crippen molar-refractivity contribution in [2.24, 2.45) is 0 Å². The first-order valence-electron chi connectivity index (χ1n) is 7.98. The molecule has 2 aromatic heterocycles. The first kappa shape index (κ1) is 17.2. The Kier molecular flexibility index (Phi) is 4.91. The lowest BCUT2D eigenvalue weighted by Gasteiger charge is -2.36. The molecule has 7 nitrogen and oxygen atoms in total. The van der Waals surface area contributed by atoms with Gasteiger partial charge in [-0.05, 0) is 19.4 Å². The van der Waals surface area contributed by atoms with Crippen molar-refractivity contribution in [3.63, 3.8) is 0 Å². The first-order chi connectivity index (χ1) is 12.0. The second-order valence-corrected chi connectivity index (χ2v) is 6.22. The van der Waals surface area contributed by atoms with E-state index < -0.39 is 0 Å². The normalized spacial score (nSPS) is 14.4. The van der Waals surface area contributed by atoms with Gasteiger partial charge in [0.25, 0.3) is 0 Å². The Morgan fingerprint density at radius 1 is 1.16 bits per heavy atom. The molecule has 0 bridgehead atoms. The van der Waals surface area contributed by atoms with Gasteiger partial charge in [0.15, 0.2) is 0 Å². The number of rotatable bonds is 3. The molecule has 3 heterocycles. The van der Waals surface area contributed by atoms with Gasteiger partial charge >= 0.3 is 0 Å². The van der Waals surface area contributed by atoms with E-state index in [1.54, 1.807) is 7.11 Å². The highest BCUT2D eigenvalue weighted by Gasteiger charge is 2.24. The van der Waals surface area contributed by atoms with Crippen LogP contribution in [0.1, 0.15) is 16.8 Å². The predicted octanol–water partition coefficient (Wildman–Crippen LogP) is 2.35. The van der Waals surface area contributed by atoms with Crippen LogP contribution in [0, 0.1) is 25.2 Å². The van der Waals surface area contributed by atoms with Crippen molar-refractivity contribution < 1.29 is 4.74 Å². The summed E-state index contributed by atoms with van der Waals surface area (Å²) in [6, 6.07) is 4.07. The van der Waals surface area contributed by atoms with E-state index in [1.165, 1.54) is 6.33 Å². The van der Waals surface area contributed by atoms with E-state index in [2.05, 4.69) is 30.8 Å². The number of anilines is 2. The molecule has 0 N–H and O–H groups in total. The van der Waals surface area contributed by atoms with Gasteiger partial charge < -0.3 is 14.5 Å². The van der Waals surface area contributed by atoms with Gasteiger partial charge in [0.1, 0.15) is 24.0 Å². The van der Waals surface area contributed by atoms with E-state index in [0.29, 0.717) is 22.3 Å². The van der Waals surface area contributed by atoms with Gasteiger partial charge in [0.2, 0.25) is 5.88 Å². The van der Waals surface area contributed by atoms with Crippen molar-refractivity contribution in [1.82, 2.24) is 15.0 Å². The third-order valence-electron chi connectivity index (χ3n) is 4.37. The van der Waals surface area contributed by atoms with Crippen LogP contribution >= 0.6 is 11.6 Å². The number of aryl methyl sites for hydroxylation is 1. The highest BCUT2D eigenvalue weighted by molar-refractivity contribution is 6.32. The predicted molar refractivity (Wildman–Crippen MR) is 96.4 cm³/mol. The van der Waals surface area contributed by atoms with Crippen molar-refractivity contribution in [2.75, 3.05) is 43.1 Å². The minimum Gasteiger partial charge on any atom is -0.481 e. The zero-order chi connectivity index (χ0) is 18.0. The Morgan fingerprint density at radius 2 is 1.84 bits per heavy atom. The zero-order valence-corrected chi connectivity index (χ0v) is 15.2. The molecule has 25 heavy (non-hydrogen) atoms. The summed E-state index contributed by atoms with van der Waals surface area (Å²) in [5, 5.41) is 10.1. The number of nitrogens with zero attached hydrogens (tertiary/aromatic N) is 6. The minimum absolute atomic E-state index is 0.546. The lowest BCUT2D eigenvalue weighted by molar-refractivity contribution is 0.396. The molecule has 0 amide bonds. The van der Waals surface area contributed by atoms with Crippen LogP contribution in [0.2, 0.25) is 5.02 Å². The highest BCUT2D eigenvalue weighted by Crippen LogP contribution is 2.30. The number of halogens is 1. The Morgan fingerprint density at radius 3 is 2.48 bits per heavy atom. The molecule has 1 aliphatic heterocycles. The Labute approximate surface area is 151 Å². The number of pyridine rings is 1. The van der Waals surface area contributed by atoms with Gasteiger partial charge in [-0.3, -0.25) is 0 Å². The minimum atomic E-state index is 0.546. The monoisotopic (exact) mass is 358 g/mol. The Bertz CT molecular complexity index is 827. The molecule has 2 aromatic rings. The SMILES string of the molecule is COc1cc(N2CCN(c3nc(C)c(Cl)c(C)c3C#N)CC2)ncn1. The quantitative estimate of drug-likeness (QED) is 0.833. The summed E-state index contributed by atoms with van der Waals surface area (Å²) in [6.45, 7) is 6.76. The molecule has 8 heteroatoms. The largest absolute Gasteiger partial charge is 0.481 e. The van der Waals surface area contributed by atoms with Crippen LogP contribution in [0.25, 0.3) is 0 Å². The van der Waals surface area contributed by atoms with Crippen molar-refractivity contribution in [3.8, 4) is 11.9 Å². The number of hydrogen-bond acceptors (Lipinski definition) is 7. The van der Waals surface area contributed by atoms with E-state index in [0.717, 1.165) is 43.3 Å². The van der Waals surface area contributed by atoms with Crippen molar-refractivity contribution in [3.05, 3.63) is 34.2 Å². The van der Waals surface area contributed by atoms with Crippen LogP contribution < -0.4 is 14.5 Å². The number of piperazine rings is 1. The molecule has 1 fully saturated rings. The van der Waals surface area contributed by atoms with Crippen LogP contribution in [0.15, 0.2) is 12.4 Å². The summed E-state index contributed by atoms with van der Waals surface area (Å²) in [6.07, 6.45) is 1.50. The van der Waals surface area contributed by atoms with Gasteiger partial charge in [0, 0.05) is 32.2 Å². The molecule has 0 unspecified atom stereocenters. The maximum atomic E-state index is 9.52. The molecular weight excluding hydrogens is 340 g/mol. The number of aromatic nitrogens is 3. The molecule has 130 valence electrons. The number of ether oxygens (including phenoxy) is 1. The summed E-state index contributed by atoms with van der Waals surface area (Å²) in [7, 11) is 1.59. The van der Waals surface area contributed by atoms with Gasteiger partial charge in [-0.2, -0.15) is 5.26 Å². The molecule has 0 atom stereocenters. The summed E-state index contributed by atoms with van der Waals surface area (Å²) in [5.74, 6) is 2.09. The maximum absolute atomic E-state index is 9.52. The van der Waals surface area contributed by atoms with Crippen molar-refractivity contribution >= 4 is 23.2 Å². The van der Waals surface area contributed by atoms with Crippen LogP contribution in [0.5, 0.6) is 5.88 Å². The molecule has 3 rings (SSSR count). The standard InChI is InChI=1S/C17H19ClN6O/c1-11-13(9-19)17(22-12(2)16(11)18)24-6-4-23(5-7-24)14-8-15(25-3)21-10-20-14/h8,10H,4-7H2,1-3H3. The average molecular weight is 359 g/mol. The molecule has 1 aliphatic rings. The van der Waals surface area contributed by atoms with Crippen LogP contribution in [0.4, 0.5) is 11.6 Å². The van der Waals surface area contributed by atoms with Crippen LogP contribution in [0.3, 0.4) is 0 Å². The topological polar surface area (TPSA) is 78.2 Å². The molecule has 0 aliphatic carbocycles. The van der Waals surface area contributed by atoms with Crippen LogP contribution in [-0.4, -0.2) is 48.2 Å². The van der Waals surface area contributed by atoms with Gasteiger partial charge in [0.05, 0.1) is 23.4 Å². The Balaban J connectivity index is 1.80. The molecular formula is C17H19ClN6O.